The summed E-state index contributed by atoms with van der Waals surface area (Å²) in [6, 6.07) is 3.21. The maximum absolute atomic E-state index is 13.8. The lowest BCUT2D eigenvalue weighted by Crippen LogP contribution is -2.62. The largest absolute Gasteiger partial charge is 0.508 e. The lowest BCUT2D eigenvalue weighted by Gasteiger charge is -2.50. The van der Waals surface area contributed by atoms with E-state index in [-0.39, 0.29) is 35.6 Å². The molecule has 3 aliphatic rings. The summed E-state index contributed by atoms with van der Waals surface area (Å²) in [7, 11) is 0. The number of carbonyl (C=O) groups excluding carboxylic acids is 3. The van der Waals surface area contributed by atoms with Gasteiger partial charge in [0.05, 0.1) is 5.56 Å². The average molecular weight is 482 g/mol. The number of aliphatic hydroxyl groups excluding tert-OH is 2. The third-order valence-electron chi connectivity index (χ3n) is 7.79. The van der Waals surface area contributed by atoms with Crippen molar-refractivity contribution in [1.82, 2.24) is 0 Å². The summed E-state index contributed by atoms with van der Waals surface area (Å²) in [6.45, 7) is 7.41. The van der Waals surface area contributed by atoms with Crippen LogP contribution in [0.4, 0.5) is 0 Å². The van der Waals surface area contributed by atoms with Gasteiger partial charge < -0.3 is 26.2 Å². The third kappa shape index (κ3) is 3.34. The van der Waals surface area contributed by atoms with E-state index in [9.17, 15) is 34.8 Å². The van der Waals surface area contributed by atoms with Crippen LogP contribution >= 0.6 is 0 Å². The first kappa shape index (κ1) is 24.7. The average Bonchev–Trinajstić information content (AvgIpc) is 2.76. The molecule has 0 unspecified atom stereocenters. The number of rotatable bonds is 4. The van der Waals surface area contributed by atoms with E-state index in [1.54, 1.807) is 19.9 Å². The molecule has 35 heavy (non-hydrogen) atoms. The number of carbonyl (C=O) groups is 3. The quantitative estimate of drug-likeness (QED) is 0.413. The minimum absolute atomic E-state index is 0.109. The highest BCUT2D eigenvalue weighted by Gasteiger charge is 2.64. The summed E-state index contributed by atoms with van der Waals surface area (Å²) in [6.07, 6.45) is 3.21. The Balaban J connectivity index is 1.98. The van der Waals surface area contributed by atoms with Crippen LogP contribution in [0.1, 0.15) is 57.2 Å². The molecule has 8 nitrogen and oxygen atoms in total. The van der Waals surface area contributed by atoms with Crippen molar-refractivity contribution in [1.29, 1.82) is 0 Å². The van der Waals surface area contributed by atoms with Crippen molar-refractivity contribution in [2.75, 3.05) is 0 Å². The summed E-state index contributed by atoms with van der Waals surface area (Å²) >= 11 is 0. The second kappa shape index (κ2) is 8.37. The molecule has 1 saturated carbocycles. The minimum Gasteiger partial charge on any atom is -0.508 e. The number of phenols is 1. The zero-order chi connectivity index (χ0) is 26.0. The van der Waals surface area contributed by atoms with Gasteiger partial charge in [-0.1, -0.05) is 32.9 Å². The van der Waals surface area contributed by atoms with Crippen molar-refractivity contribution in [2.45, 2.75) is 52.6 Å². The molecular formula is C27H31NO7. The van der Waals surface area contributed by atoms with E-state index in [2.05, 4.69) is 0 Å². The Morgan fingerprint density at radius 3 is 2.46 bits per heavy atom. The lowest BCUT2D eigenvalue weighted by molar-refractivity contribution is -0.155. The molecule has 8 heteroatoms. The molecule has 0 heterocycles. The molecule has 0 aromatic heterocycles. The number of fused-ring (bicyclic) bond motifs is 3. The van der Waals surface area contributed by atoms with Crippen LogP contribution in [0.15, 0.2) is 35.1 Å². The van der Waals surface area contributed by atoms with Crippen LogP contribution in [0.25, 0.3) is 11.3 Å². The number of allylic oxidation sites excluding steroid dienone is 2. The van der Waals surface area contributed by atoms with Crippen molar-refractivity contribution < 1.29 is 34.8 Å². The van der Waals surface area contributed by atoms with Gasteiger partial charge in [0, 0.05) is 17.4 Å². The molecule has 1 fully saturated rings. The van der Waals surface area contributed by atoms with E-state index in [0.29, 0.717) is 5.56 Å². The second-order valence-corrected chi connectivity index (χ2v) is 10.1. The first-order valence-corrected chi connectivity index (χ1v) is 11.9. The first-order chi connectivity index (χ1) is 16.4. The molecule has 4 atom stereocenters. The van der Waals surface area contributed by atoms with Crippen molar-refractivity contribution in [3.05, 3.63) is 51.8 Å². The number of aromatic hydroxyl groups is 1. The number of Topliss-reactive ketones (excluding diaryl/α,β-unsaturated/α-hetero) is 2. The fraction of sp³-hybridized carbons (Fsp3) is 0.444. The van der Waals surface area contributed by atoms with Gasteiger partial charge in [-0.3, -0.25) is 14.4 Å². The molecular weight excluding hydrogens is 450 g/mol. The number of nitrogens with two attached hydrogens (primary N) is 1. The van der Waals surface area contributed by atoms with Crippen LogP contribution in [0.3, 0.4) is 0 Å². The van der Waals surface area contributed by atoms with Gasteiger partial charge in [-0.2, -0.15) is 0 Å². The van der Waals surface area contributed by atoms with Gasteiger partial charge in [0.25, 0.3) is 5.91 Å². The predicted molar refractivity (Wildman–Crippen MR) is 129 cm³/mol. The summed E-state index contributed by atoms with van der Waals surface area (Å²) in [5.41, 5.74) is 4.42. The molecule has 1 aromatic carbocycles. The number of ketones is 2. The van der Waals surface area contributed by atoms with Gasteiger partial charge in [-0.05, 0) is 60.8 Å². The summed E-state index contributed by atoms with van der Waals surface area (Å²) < 4.78 is 0. The topological polar surface area (TPSA) is 158 Å². The molecule has 0 radical (unpaired) electrons. The number of hydrogen-bond donors (Lipinski definition) is 5. The standard InChI is InChI=1S/C27H31NO7/c1-5-6-12(4)14-7-8-17(29)20-15(14)9-13-10-16-18(11(2)3)22(30)21(26(28)34)25(33)27(16,35)24(32)19(13)23(20)31/h6-8,11,13,16,18,29,31,33,35H,5,9-10H2,1-4H3,(H2,28,34)/b12-6-/t13-,16-,18-,27-/m0/s1. The molecule has 0 spiro atoms. The summed E-state index contributed by atoms with van der Waals surface area (Å²) in [5.74, 6) is -7.52. The number of hydrogen-bond acceptors (Lipinski definition) is 7. The van der Waals surface area contributed by atoms with Gasteiger partial charge in [0.2, 0.25) is 5.78 Å². The monoisotopic (exact) mass is 481 g/mol. The zero-order valence-corrected chi connectivity index (χ0v) is 20.3. The molecule has 3 aliphatic carbocycles. The highest BCUT2D eigenvalue weighted by molar-refractivity contribution is 6.23. The smallest absolute Gasteiger partial charge is 0.255 e. The van der Waals surface area contributed by atoms with Crippen molar-refractivity contribution in [2.24, 2.45) is 29.4 Å². The van der Waals surface area contributed by atoms with Crippen LogP contribution < -0.4 is 5.73 Å². The molecule has 186 valence electrons. The number of aliphatic hydroxyl groups is 3. The van der Waals surface area contributed by atoms with Crippen LogP contribution in [-0.4, -0.2) is 43.5 Å². The van der Waals surface area contributed by atoms with Crippen molar-refractivity contribution >= 4 is 28.8 Å². The molecule has 1 aromatic rings. The maximum Gasteiger partial charge on any atom is 0.255 e. The molecule has 0 bridgehead atoms. The fourth-order valence-electron chi connectivity index (χ4n) is 6.27. The molecule has 0 aliphatic heterocycles. The first-order valence-electron chi connectivity index (χ1n) is 11.9. The van der Waals surface area contributed by atoms with E-state index >= 15 is 0 Å². The summed E-state index contributed by atoms with van der Waals surface area (Å²) in [4.78, 5) is 39.0. The van der Waals surface area contributed by atoms with E-state index < -0.39 is 57.9 Å². The second-order valence-electron chi connectivity index (χ2n) is 10.1. The Kier molecular flexibility index (Phi) is 5.92. The Morgan fingerprint density at radius 2 is 1.89 bits per heavy atom. The van der Waals surface area contributed by atoms with Gasteiger partial charge in [0.15, 0.2) is 11.4 Å². The highest BCUT2D eigenvalue weighted by atomic mass is 16.3. The van der Waals surface area contributed by atoms with Crippen LogP contribution in [0, 0.1) is 23.7 Å². The predicted octanol–water partition coefficient (Wildman–Crippen LogP) is 3.12. The normalized spacial score (nSPS) is 28.7. The number of phenolic OH excluding ortho intramolecular Hbond substituents is 1. The third-order valence-corrected chi connectivity index (χ3v) is 7.79. The molecule has 0 saturated heterocycles. The SMILES string of the molecule is CC/C=C(/C)c1ccc(O)c2c1C[C@H]1C[C@H]3[C@H](C(C)C)C(=O)C(C(N)=O)=C(O)[C@@]3(O)C(=O)C1=C2O. The van der Waals surface area contributed by atoms with Crippen molar-refractivity contribution in [3.63, 3.8) is 0 Å². The van der Waals surface area contributed by atoms with E-state index in [0.717, 1.165) is 17.6 Å². The Bertz CT molecular complexity index is 1250. The van der Waals surface area contributed by atoms with Gasteiger partial charge >= 0.3 is 0 Å². The van der Waals surface area contributed by atoms with E-state index in [4.69, 9.17) is 5.73 Å². The van der Waals surface area contributed by atoms with Crippen LogP contribution in [0.5, 0.6) is 5.75 Å². The van der Waals surface area contributed by atoms with Crippen molar-refractivity contribution in [3.8, 4) is 5.75 Å². The Hall–Kier alpha value is -3.39. The van der Waals surface area contributed by atoms with Gasteiger partial charge in [0.1, 0.15) is 22.8 Å². The lowest BCUT2D eigenvalue weighted by atomic mass is 9.54. The number of benzene rings is 1. The number of primary amides is 1. The highest BCUT2D eigenvalue weighted by Crippen LogP contribution is 2.55. The minimum atomic E-state index is -2.59. The zero-order valence-electron chi connectivity index (χ0n) is 20.3. The summed E-state index contributed by atoms with van der Waals surface area (Å²) in [5, 5.41) is 44.3. The molecule has 4 rings (SSSR count). The van der Waals surface area contributed by atoms with Crippen LogP contribution in [-0.2, 0) is 20.8 Å². The van der Waals surface area contributed by atoms with E-state index in [1.807, 2.05) is 19.9 Å². The number of amides is 1. The Morgan fingerprint density at radius 1 is 1.23 bits per heavy atom. The molecule has 6 N–H and O–H groups in total. The maximum atomic E-state index is 13.8. The van der Waals surface area contributed by atoms with Gasteiger partial charge in [-0.25, -0.2) is 0 Å². The fourth-order valence-corrected chi connectivity index (χ4v) is 6.27. The molecule has 1 amide bonds. The van der Waals surface area contributed by atoms with E-state index in [1.165, 1.54) is 6.07 Å². The Labute approximate surface area is 203 Å². The van der Waals surface area contributed by atoms with Crippen LogP contribution in [0.2, 0.25) is 0 Å². The van der Waals surface area contributed by atoms with Gasteiger partial charge in [-0.15, -0.1) is 0 Å².